The van der Waals surface area contributed by atoms with Crippen molar-refractivity contribution in [3.8, 4) is 12.3 Å². The molecule has 2 aliphatic rings. The first kappa shape index (κ1) is 16.0. The van der Waals surface area contributed by atoms with Crippen molar-refractivity contribution in [2.75, 3.05) is 18.1 Å². The van der Waals surface area contributed by atoms with Crippen LogP contribution in [0.2, 0.25) is 0 Å². The minimum absolute atomic E-state index is 0.00325. The number of carbonyl (C=O) groups is 1. The fraction of sp³-hybridized carbons (Fsp3) is 0.471. The predicted octanol–water partition coefficient (Wildman–Crippen LogP) is 1.58. The molecule has 1 aromatic rings. The van der Waals surface area contributed by atoms with Crippen molar-refractivity contribution in [2.24, 2.45) is 5.92 Å². The minimum Gasteiger partial charge on any atom is -0.327 e. The minimum atomic E-state index is -3.08. The van der Waals surface area contributed by atoms with Crippen LogP contribution in [-0.2, 0) is 14.6 Å². The highest BCUT2D eigenvalue weighted by Gasteiger charge is 2.47. The average molecular weight is 335 g/mol. The quantitative estimate of drug-likeness (QED) is 0.785. The van der Waals surface area contributed by atoms with Crippen molar-refractivity contribution in [1.82, 2.24) is 4.90 Å². The molecular formula is C17H18FNO3S. The number of terminal acetylenes is 1. The number of hydrogen-bond donors (Lipinski definition) is 0. The lowest BCUT2D eigenvalue weighted by Gasteiger charge is -2.26. The molecule has 0 spiro atoms. The molecule has 1 saturated heterocycles. The molecule has 0 radical (unpaired) electrons. The lowest BCUT2D eigenvalue weighted by molar-refractivity contribution is -0.133. The van der Waals surface area contributed by atoms with Gasteiger partial charge in [0.15, 0.2) is 9.84 Å². The van der Waals surface area contributed by atoms with E-state index in [1.165, 1.54) is 17.0 Å². The molecule has 122 valence electrons. The van der Waals surface area contributed by atoms with Crippen molar-refractivity contribution in [2.45, 2.75) is 24.8 Å². The first-order chi connectivity index (χ1) is 10.9. The van der Waals surface area contributed by atoms with Gasteiger partial charge in [0, 0.05) is 12.0 Å². The second-order valence-electron chi connectivity index (χ2n) is 6.23. The third-order valence-electron chi connectivity index (χ3n) is 4.58. The second-order valence-corrected chi connectivity index (χ2v) is 8.46. The number of halogens is 1. The fourth-order valence-electron chi connectivity index (χ4n) is 3.29. The third-order valence-corrected chi connectivity index (χ3v) is 6.33. The Morgan fingerprint density at radius 3 is 2.83 bits per heavy atom. The standard InChI is InChI=1S/C17H18FNO3S/c1-2-7-19(14-6-8-23(21,22)11-14)17(20)16-10-15(16)12-4-3-5-13(18)9-12/h1,3-5,9,14-16H,6-8,10-11H2. The van der Waals surface area contributed by atoms with Crippen LogP contribution in [0.25, 0.3) is 0 Å². The Morgan fingerprint density at radius 1 is 1.43 bits per heavy atom. The van der Waals surface area contributed by atoms with E-state index in [0.717, 1.165) is 5.56 Å². The molecule has 6 heteroatoms. The van der Waals surface area contributed by atoms with Crippen molar-refractivity contribution < 1.29 is 17.6 Å². The molecule has 1 heterocycles. The Hall–Kier alpha value is -1.87. The van der Waals surface area contributed by atoms with Crippen LogP contribution in [0, 0.1) is 24.1 Å². The number of carbonyl (C=O) groups excluding carboxylic acids is 1. The molecule has 1 saturated carbocycles. The molecule has 0 aromatic heterocycles. The van der Waals surface area contributed by atoms with Gasteiger partial charge in [0.2, 0.25) is 5.91 Å². The van der Waals surface area contributed by atoms with Crippen molar-refractivity contribution >= 4 is 15.7 Å². The van der Waals surface area contributed by atoms with Gasteiger partial charge in [-0.25, -0.2) is 12.8 Å². The summed E-state index contributed by atoms with van der Waals surface area (Å²) in [6, 6.07) is 5.93. The summed E-state index contributed by atoms with van der Waals surface area (Å²) in [4.78, 5) is 14.2. The number of rotatable bonds is 4. The highest BCUT2D eigenvalue weighted by atomic mass is 32.2. The Kier molecular flexibility index (Phi) is 4.15. The van der Waals surface area contributed by atoms with Crippen LogP contribution in [0.1, 0.15) is 24.3 Å². The Morgan fingerprint density at radius 2 is 2.22 bits per heavy atom. The number of nitrogens with zero attached hydrogens (tertiary/aromatic N) is 1. The maximum atomic E-state index is 13.3. The zero-order valence-electron chi connectivity index (χ0n) is 12.6. The summed E-state index contributed by atoms with van der Waals surface area (Å²) >= 11 is 0. The van der Waals surface area contributed by atoms with E-state index in [1.54, 1.807) is 6.07 Å². The van der Waals surface area contributed by atoms with Gasteiger partial charge in [-0.2, -0.15) is 0 Å². The Balaban J connectivity index is 1.72. The summed E-state index contributed by atoms with van der Waals surface area (Å²) in [6.07, 6.45) is 6.44. The lowest BCUT2D eigenvalue weighted by atomic mass is 10.1. The van der Waals surface area contributed by atoms with Gasteiger partial charge < -0.3 is 4.90 Å². The molecule has 1 amide bonds. The van der Waals surface area contributed by atoms with Gasteiger partial charge in [-0.05, 0) is 36.5 Å². The van der Waals surface area contributed by atoms with E-state index in [1.807, 2.05) is 6.07 Å². The van der Waals surface area contributed by atoms with Crippen molar-refractivity contribution in [3.05, 3.63) is 35.6 Å². The molecule has 0 bridgehead atoms. The molecule has 3 atom stereocenters. The lowest BCUT2D eigenvalue weighted by Crippen LogP contribution is -2.42. The molecule has 3 rings (SSSR count). The van der Waals surface area contributed by atoms with Gasteiger partial charge in [0.25, 0.3) is 0 Å². The van der Waals surface area contributed by atoms with E-state index >= 15 is 0 Å². The molecule has 2 fully saturated rings. The van der Waals surface area contributed by atoms with Crippen LogP contribution in [0.4, 0.5) is 4.39 Å². The fourth-order valence-corrected chi connectivity index (χ4v) is 5.02. The molecule has 3 unspecified atom stereocenters. The molecule has 1 aliphatic heterocycles. The second kappa shape index (κ2) is 5.97. The molecule has 1 aromatic carbocycles. The number of benzene rings is 1. The van der Waals surface area contributed by atoms with Gasteiger partial charge in [-0.1, -0.05) is 18.1 Å². The third kappa shape index (κ3) is 3.40. The van der Waals surface area contributed by atoms with Crippen LogP contribution >= 0.6 is 0 Å². The van der Waals surface area contributed by atoms with Gasteiger partial charge in [0.1, 0.15) is 5.82 Å². The first-order valence-corrected chi connectivity index (χ1v) is 9.43. The van der Waals surface area contributed by atoms with Crippen LogP contribution in [-0.4, -0.2) is 43.3 Å². The normalized spacial score (nSPS) is 28.1. The molecule has 0 N–H and O–H groups in total. The van der Waals surface area contributed by atoms with Crippen LogP contribution in [0.15, 0.2) is 24.3 Å². The molecule has 1 aliphatic carbocycles. The van der Waals surface area contributed by atoms with E-state index in [2.05, 4.69) is 5.92 Å². The van der Waals surface area contributed by atoms with Gasteiger partial charge in [-0.3, -0.25) is 4.79 Å². The summed E-state index contributed by atoms with van der Waals surface area (Å²) in [5.41, 5.74) is 0.808. The SMILES string of the molecule is C#CCN(C(=O)C1CC1c1cccc(F)c1)C1CCS(=O)(=O)C1. The molecule has 23 heavy (non-hydrogen) atoms. The number of amides is 1. The summed E-state index contributed by atoms with van der Waals surface area (Å²) in [7, 11) is -3.08. The summed E-state index contributed by atoms with van der Waals surface area (Å²) < 4.78 is 36.6. The van der Waals surface area contributed by atoms with E-state index in [9.17, 15) is 17.6 Å². The number of hydrogen-bond acceptors (Lipinski definition) is 3. The van der Waals surface area contributed by atoms with Gasteiger partial charge >= 0.3 is 0 Å². The summed E-state index contributed by atoms with van der Waals surface area (Å²) in [6.45, 7) is 0.116. The maximum Gasteiger partial charge on any atom is 0.227 e. The van der Waals surface area contributed by atoms with Crippen LogP contribution in [0.5, 0.6) is 0 Å². The highest BCUT2D eigenvalue weighted by Crippen LogP contribution is 2.49. The van der Waals surface area contributed by atoms with Crippen molar-refractivity contribution in [3.63, 3.8) is 0 Å². The average Bonchev–Trinajstić information content (AvgIpc) is 3.22. The van der Waals surface area contributed by atoms with Gasteiger partial charge in [0.05, 0.1) is 18.1 Å². The van der Waals surface area contributed by atoms with E-state index in [-0.39, 0.29) is 47.7 Å². The topological polar surface area (TPSA) is 54.5 Å². The zero-order valence-corrected chi connectivity index (χ0v) is 13.4. The van der Waals surface area contributed by atoms with E-state index in [0.29, 0.717) is 12.8 Å². The van der Waals surface area contributed by atoms with E-state index < -0.39 is 9.84 Å². The summed E-state index contributed by atoms with van der Waals surface area (Å²) in [5, 5.41) is 0. The Labute approximate surface area is 135 Å². The highest BCUT2D eigenvalue weighted by molar-refractivity contribution is 7.91. The smallest absolute Gasteiger partial charge is 0.227 e. The van der Waals surface area contributed by atoms with Crippen LogP contribution in [0.3, 0.4) is 0 Å². The first-order valence-electron chi connectivity index (χ1n) is 7.61. The van der Waals surface area contributed by atoms with E-state index in [4.69, 9.17) is 6.42 Å². The molecule has 4 nitrogen and oxygen atoms in total. The Bertz CT molecular complexity index is 768. The maximum absolute atomic E-state index is 13.3. The van der Waals surface area contributed by atoms with Crippen LogP contribution < -0.4 is 0 Å². The predicted molar refractivity (Wildman–Crippen MR) is 84.9 cm³/mol. The zero-order chi connectivity index (χ0) is 16.6. The van der Waals surface area contributed by atoms with Crippen molar-refractivity contribution in [1.29, 1.82) is 0 Å². The summed E-state index contributed by atoms with van der Waals surface area (Å²) in [5.74, 6) is 1.87. The monoisotopic (exact) mass is 335 g/mol. The largest absolute Gasteiger partial charge is 0.327 e. The number of sulfone groups is 1. The molecular weight excluding hydrogens is 317 g/mol. The van der Waals surface area contributed by atoms with Gasteiger partial charge in [-0.15, -0.1) is 6.42 Å².